The van der Waals surface area contributed by atoms with Crippen LogP contribution in [0.15, 0.2) is 146 Å². The number of ether oxygens (including phenoxy) is 4. The lowest BCUT2D eigenvalue weighted by Gasteiger charge is -2.25. The Balaban J connectivity index is 4.35. The zero-order valence-electron chi connectivity index (χ0n) is 46.5. The van der Waals surface area contributed by atoms with Crippen LogP contribution in [0, 0.1) is 0 Å². The van der Waals surface area contributed by atoms with E-state index in [2.05, 4.69) is 160 Å². The van der Waals surface area contributed by atoms with Gasteiger partial charge in [-0.3, -0.25) is 9.59 Å². The van der Waals surface area contributed by atoms with Crippen LogP contribution < -0.4 is 0 Å². The number of carboxylic acids is 1. The largest absolute Gasteiger partial charge is 0.477 e. The van der Waals surface area contributed by atoms with Gasteiger partial charge >= 0.3 is 17.9 Å². The number of likely N-dealkylation sites (N-methyl/N-ethyl adjacent to an activating group) is 1. The molecular weight excluding hydrogens is 911 g/mol. The SMILES string of the molecule is CC/C=C\C/C=C\C/C=C\C/C=C\C/C=C\C/C=C\C/C=C\CCCCCCCCCCCC(=O)OC(COC(=O)CCC/C=C\C/C=C\C/C=C\C/C=C\C/C=C\CC)COC(OCC[N+](C)(C)C)C(=O)O. The molecule has 0 aromatic rings. The van der Waals surface area contributed by atoms with Gasteiger partial charge in [0.05, 0.1) is 34.4 Å². The third-order valence-corrected chi connectivity index (χ3v) is 11.1. The summed E-state index contributed by atoms with van der Waals surface area (Å²) in [5, 5.41) is 9.69. The maximum atomic E-state index is 12.9. The Bertz CT molecular complexity index is 1700. The van der Waals surface area contributed by atoms with Gasteiger partial charge in [-0.05, 0) is 109 Å². The molecular formula is C64H102NO8+. The van der Waals surface area contributed by atoms with Crippen LogP contribution in [0.4, 0.5) is 0 Å². The lowest BCUT2D eigenvalue weighted by atomic mass is 10.1. The first-order valence-electron chi connectivity index (χ1n) is 28.0. The van der Waals surface area contributed by atoms with Crippen LogP contribution in [-0.2, 0) is 33.3 Å². The molecule has 2 unspecified atom stereocenters. The number of rotatable bonds is 49. The normalized spacial score (nSPS) is 13.9. The fourth-order valence-electron chi connectivity index (χ4n) is 6.85. The van der Waals surface area contributed by atoms with Crippen molar-refractivity contribution in [2.24, 2.45) is 0 Å². The van der Waals surface area contributed by atoms with E-state index in [1.807, 2.05) is 21.1 Å². The Hall–Kier alpha value is -4.83. The molecule has 410 valence electrons. The molecule has 0 rings (SSSR count). The molecule has 0 radical (unpaired) electrons. The molecule has 1 N–H and O–H groups in total. The van der Waals surface area contributed by atoms with Gasteiger partial charge in [0.15, 0.2) is 6.10 Å². The third-order valence-electron chi connectivity index (χ3n) is 11.1. The number of hydrogen-bond donors (Lipinski definition) is 1. The Morgan fingerprint density at radius 2 is 0.753 bits per heavy atom. The number of hydrogen-bond acceptors (Lipinski definition) is 7. The minimum Gasteiger partial charge on any atom is -0.477 e. The average Bonchev–Trinajstić information content (AvgIpc) is 3.36. The molecule has 0 saturated heterocycles. The van der Waals surface area contributed by atoms with Crippen molar-refractivity contribution in [2.75, 3.05) is 47.5 Å². The van der Waals surface area contributed by atoms with E-state index >= 15 is 0 Å². The van der Waals surface area contributed by atoms with Crippen LogP contribution in [0.25, 0.3) is 0 Å². The van der Waals surface area contributed by atoms with Gasteiger partial charge < -0.3 is 28.5 Å². The highest BCUT2D eigenvalue weighted by molar-refractivity contribution is 5.71. The molecule has 0 amide bonds. The highest BCUT2D eigenvalue weighted by atomic mass is 16.7. The monoisotopic (exact) mass is 1010 g/mol. The second-order valence-corrected chi connectivity index (χ2v) is 19.1. The number of aliphatic carboxylic acids is 1. The van der Waals surface area contributed by atoms with Gasteiger partial charge in [0.25, 0.3) is 6.29 Å². The average molecular weight is 1010 g/mol. The first kappa shape index (κ1) is 68.2. The molecule has 0 aromatic carbocycles. The number of allylic oxidation sites excluding steroid dienone is 24. The van der Waals surface area contributed by atoms with E-state index in [1.54, 1.807) is 0 Å². The van der Waals surface area contributed by atoms with E-state index in [0.717, 1.165) is 109 Å². The molecule has 2 atom stereocenters. The van der Waals surface area contributed by atoms with Gasteiger partial charge in [-0.2, -0.15) is 0 Å². The number of quaternary nitrogens is 1. The lowest BCUT2D eigenvalue weighted by molar-refractivity contribution is -0.870. The minimum atomic E-state index is -1.53. The fraction of sp³-hybridized carbons (Fsp3) is 0.578. The summed E-state index contributed by atoms with van der Waals surface area (Å²) in [5.74, 6) is -2.11. The molecule has 0 fully saturated rings. The summed E-state index contributed by atoms with van der Waals surface area (Å²) in [5.41, 5.74) is 0. The Morgan fingerprint density at radius 1 is 0.411 bits per heavy atom. The first-order chi connectivity index (χ1) is 35.6. The number of esters is 2. The highest BCUT2D eigenvalue weighted by Crippen LogP contribution is 2.13. The molecule has 0 spiro atoms. The van der Waals surface area contributed by atoms with Gasteiger partial charge in [-0.1, -0.05) is 205 Å². The molecule has 73 heavy (non-hydrogen) atoms. The molecule has 0 saturated carbocycles. The van der Waals surface area contributed by atoms with Gasteiger partial charge in [0.2, 0.25) is 0 Å². The second-order valence-electron chi connectivity index (χ2n) is 19.1. The summed E-state index contributed by atoms with van der Waals surface area (Å²) < 4.78 is 22.8. The summed E-state index contributed by atoms with van der Waals surface area (Å²) in [6, 6.07) is 0. The minimum absolute atomic E-state index is 0.169. The molecule has 0 aliphatic heterocycles. The van der Waals surface area contributed by atoms with Crippen molar-refractivity contribution in [3.8, 4) is 0 Å². The number of carbonyl (C=O) groups excluding carboxylic acids is 2. The van der Waals surface area contributed by atoms with Crippen LogP contribution >= 0.6 is 0 Å². The van der Waals surface area contributed by atoms with Crippen LogP contribution in [0.2, 0.25) is 0 Å². The molecule has 0 aliphatic rings. The van der Waals surface area contributed by atoms with Crippen molar-refractivity contribution < 1.29 is 42.9 Å². The van der Waals surface area contributed by atoms with Crippen molar-refractivity contribution in [1.82, 2.24) is 0 Å². The molecule has 9 nitrogen and oxygen atoms in total. The van der Waals surface area contributed by atoms with Crippen LogP contribution in [0.3, 0.4) is 0 Å². The Kier molecular flexibility index (Phi) is 49.9. The van der Waals surface area contributed by atoms with E-state index in [0.29, 0.717) is 23.9 Å². The lowest BCUT2D eigenvalue weighted by Crippen LogP contribution is -2.40. The van der Waals surface area contributed by atoms with Crippen LogP contribution in [-0.4, -0.2) is 87.4 Å². The molecule has 0 bridgehead atoms. The standard InChI is InChI=1S/C64H101NO8/c1-6-8-10-12-14-16-18-20-22-24-25-26-27-28-29-30-31-32-33-34-35-36-37-39-41-43-45-47-49-51-53-55-62(67)73-60(59-72-64(63(68)69)70-57-56-65(3,4)5)58-71-61(66)54-52-50-48-46-44-42-40-38-23-21-19-17-15-13-11-9-7-2/h8-11,14-17,20-23,25-26,28-29,31-32,34-35,40,42,46,48,60,64H,6-7,12-13,18-19,24,27,30,33,36-39,41,43-45,47,49-59H2,1-5H3/p+1/b10-8-,11-9-,16-14-,17-15-,22-20-,23-21-,26-25-,29-28-,32-31-,35-34-,42-40-,48-46-. The van der Waals surface area contributed by atoms with Gasteiger partial charge in [0, 0.05) is 12.8 Å². The highest BCUT2D eigenvalue weighted by Gasteiger charge is 2.25. The Morgan fingerprint density at radius 3 is 1.14 bits per heavy atom. The molecule has 0 heterocycles. The number of nitrogens with zero attached hydrogens (tertiary/aromatic N) is 1. The summed E-state index contributed by atoms with van der Waals surface area (Å²) in [6.07, 6.45) is 75.0. The summed E-state index contributed by atoms with van der Waals surface area (Å²) in [6.45, 7) is 4.54. The Labute approximate surface area is 445 Å². The summed E-state index contributed by atoms with van der Waals surface area (Å²) >= 11 is 0. The number of carbonyl (C=O) groups is 3. The smallest absolute Gasteiger partial charge is 0.361 e. The van der Waals surface area contributed by atoms with Crippen LogP contribution in [0.1, 0.15) is 181 Å². The topological polar surface area (TPSA) is 108 Å². The summed E-state index contributed by atoms with van der Waals surface area (Å²) in [4.78, 5) is 37.3. The first-order valence-corrected chi connectivity index (χ1v) is 28.0. The fourth-order valence-corrected chi connectivity index (χ4v) is 6.85. The van der Waals surface area contributed by atoms with E-state index in [4.69, 9.17) is 18.9 Å². The number of unbranched alkanes of at least 4 members (excludes halogenated alkanes) is 10. The van der Waals surface area contributed by atoms with E-state index in [1.165, 1.54) is 32.1 Å². The predicted molar refractivity (Wildman–Crippen MR) is 308 cm³/mol. The van der Waals surface area contributed by atoms with Crippen molar-refractivity contribution >= 4 is 17.9 Å². The van der Waals surface area contributed by atoms with E-state index in [-0.39, 0.29) is 32.7 Å². The van der Waals surface area contributed by atoms with E-state index in [9.17, 15) is 19.5 Å². The third kappa shape index (κ3) is 54.8. The molecule has 9 heteroatoms. The maximum Gasteiger partial charge on any atom is 0.361 e. The second kappa shape index (κ2) is 53.5. The quantitative estimate of drug-likeness (QED) is 0.0211. The van der Waals surface area contributed by atoms with Crippen molar-refractivity contribution in [3.05, 3.63) is 146 Å². The van der Waals surface area contributed by atoms with Gasteiger partial charge in [-0.25, -0.2) is 4.79 Å². The van der Waals surface area contributed by atoms with Gasteiger partial charge in [0.1, 0.15) is 13.2 Å². The summed E-state index contributed by atoms with van der Waals surface area (Å²) in [7, 11) is 5.93. The van der Waals surface area contributed by atoms with Crippen LogP contribution in [0.5, 0.6) is 0 Å². The van der Waals surface area contributed by atoms with Gasteiger partial charge in [-0.15, -0.1) is 0 Å². The zero-order chi connectivity index (χ0) is 53.4. The van der Waals surface area contributed by atoms with Crippen molar-refractivity contribution in [2.45, 2.75) is 193 Å². The maximum absolute atomic E-state index is 12.9. The predicted octanol–water partition coefficient (Wildman–Crippen LogP) is 16.4. The molecule has 0 aromatic heterocycles. The zero-order valence-corrected chi connectivity index (χ0v) is 46.5. The van der Waals surface area contributed by atoms with Crippen molar-refractivity contribution in [1.29, 1.82) is 0 Å². The van der Waals surface area contributed by atoms with Crippen molar-refractivity contribution in [3.63, 3.8) is 0 Å². The van der Waals surface area contributed by atoms with E-state index < -0.39 is 30.3 Å². The number of carboxylic acid groups (broad SMARTS) is 1. The molecule has 0 aliphatic carbocycles.